The van der Waals surface area contributed by atoms with Crippen molar-refractivity contribution in [3.05, 3.63) is 47.6 Å². The van der Waals surface area contributed by atoms with Gasteiger partial charge in [-0.2, -0.15) is 0 Å². The van der Waals surface area contributed by atoms with Crippen molar-refractivity contribution in [3.63, 3.8) is 0 Å². The Morgan fingerprint density at radius 2 is 2.00 bits per heavy atom. The zero-order chi connectivity index (χ0) is 23.5. The third-order valence-corrected chi connectivity index (χ3v) is 8.05. The first kappa shape index (κ1) is 25.4. The Kier molecular flexibility index (Phi) is 8.25. The maximum absolute atomic E-state index is 10.1. The van der Waals surface area contributed by atoms with Gasteiger partial charge in [0.1, 0.15) is 0 Å². The smallest absolute Gasteiger partial charge is 0.0824 e. The molecule has 3 saturated carbocycles. The lowest BCUT2D eigenvalue weighted by Gasteiger charge is -2.44. The summed E-state index contributed by atoms with van der Waals surface area (Å²) in [4.78, 5) is 0. The predicted molar refractivity (Wildman–Crippen MR) is 130 cm³/mol. The van der Waals surface area contributed by atoms with Gasteiger partial charge >= 0.3 is 0 Å². The normalized spacial score (nSPS) is 37.4. The van der Waals surface area contributed by atoms with E-state index in [9.17, 15) is 15.3 Å². The highest BCUT2D eigenvalue weighted by molar-refractivity contribution is 5.38. The van der Waals surface area contributed by atoms with Crippen LogP contribution in [0.1, 0.15) is 72.6 Å². The van der Waals surface area contributed by atoms with Crippen LogP contribution in [0.5, 0.6) is 0 Å². The van der Waals surface area contributed by atoms with E-state index in [2.05, 4.69) is 44.7 Å². The number of fused-ring (bicyclic) bond motifs is 1. The Labute approximate surface area is 194 Å². The van der Waals surface area contributed by atoms with E-state index in [-0.39, 0.29) is 0 Å². The van der Waals surface area contributed by atoms with Crippen molar-refractivity contribution in [1.82, 2.24) is 0 Å². The van der Waals surface area contributed by atoms with Crippen LogP contribution in [0.15, 0.2) is 47.6 Å². The Morgan fingerprint density at radius 3 is 2.72 bits per heavy atom. The van der Waals surface area contributed by atoms with Crippen LogP contribution < -0.4 is 0 Å². The molecule has 0 aromatic carbocycles. The summed E-state index contributed by atoms with van der Waals surface area (Å²) >= 11 is 0. The molecule has 4 heteroatoms. The molecule has 3 N–H and O–H groups in total. The Hall–Kier alpha value is -1.20. The van der Waals surface area contributed by atoms with Crippen molar-refractivity contribution in [2.75, 3.05) is 13.2 Å². The topological polar surface area (TPSA) is 69.9 Å². The number of aliphatic hydroxyl groups excluding tert-OH is 2. The molecule has 6 atom stereocenters. The van der Waals surface area contributed by atoms with Gasteiger partial charge in [-0.15, -0.1) is 0 Å². The molecule has 3 rings (SSSR count). The average molecular weight is 445 g/mol. The second kappa shape index (κ2) is 10.4. The van der Waals surface area contributed by atoms with Gasteiger partial charge in [0.05, 0.1) is 31.0 Å². The standard InChI is InChI=1S/C28H44O4/c1-19(8-7-15-32-18-27(3,4)31)24-12-13-25-21(9-6-14-28(24,25)5)10-11-22-16-23(29)17-26(30)20(22)2/h7-8,10-11,19,23-26,29-31H,2,6,9,12-18H2,1,3-5H3/b8-7-,21-10+,22-11-/t19-,23-,24-,25+,26+,28-/m1/s1. The molecular weight excluding hydrogens is 400 g/mol. The molecule has 0 bridgehead atoms. The van der Waals surface area contributed by atoms with Crippen LogP contribution in [0.25, 0.3) is 0 Å². The third-order valence-electron chi connectivity index (χ3n) is 8.05. The van der Waals surface area contributed by atoms with E-state index in [4.69, 9.17) is 4.74 Å². The summed E-state index contributed by atoms with van der Waals surface area (Å²) in [5.74, 6) is 1.76. The number of ether oxygens (including phenoxy) is 1. The van der Waals surface area contributed by atoms with E-state index in [0.717, 1.165) is 17.6 Å². The summed E-state index contributed by atoms with van der Waals surface area (Å²) in [6, 6.07) is 0. The molecule has 180 valence electrons. The van der Waals surface area contributed by atoms with Crippen molar-refractivity contribution in [2.24, 2.45) is 23.2 Å². The molecule has 0 saturated heterocycles. The molecule has 0 heterocycles. The zero-order valence-electron chi connectivity index (χ0n) is 20.5. The van der Waals surface area contributed by atoms with E-state index in [1.165, 1.54) is 31.3 Å². The molecule has 0 aromatic heterocycles. The predicted octanol–water partition coefficient (Wildman–Crippen LogP) is 5.11. The van der Waals surface area contributed by atoms with Gasteiger partial charge in [-0.25, -0.2) is 0 Å². The Balaban J connectivity index is 1.66. The number of aliphatic hydroxyl groups is 3. The summed E-state index contributed by atoms with van der Waals surface area (Å²) in [6.07, 6.45) is 14.8. The second-order valence-electron chi connectivity index (χ2n) is 11.3. The fourth-order valence-corrected chi connectivity index (χ4v) is 6.39. The molecule has 3 fully saturated rings. The van der Waals surface area contributed by atoms with Crippen molar-refractivity contribution in [2.45, 2.75) is 90.4 Å². The highest BCUT2D eigenvalue weighted by Gasteiger charge is 2.50. The summed E-state index contributed by atoms with van der Waals surface area (Å²) in [5, 5.41) is 29.9. The van der Waals surface area contributed by atoms with E-state index in [1.54, 1.807) is 13.8 Å². The summed E-state index contributed by atoms with van der Waals surface area (Å²) < 4.78 is 5.58. The van der Waals surface area contributed by atoms with Gasteiger partial charge in [-0.3, -0.25) is 0 Å². The van der Waals surface area contributed by atoms with Crippen LogP contribution in [-0.2, 0) is 4.74 Å². The van der Waals surface area contributed by atoms with Crippen LogP contribution in [0, 0.1) is 23.2 Å². The number of hydrogen-bond donors (Lipinski definition) is 3. The number of rotatable bonds is 7. The maximum Gasteiger partial charge on any atom is 0.0824 e. The van der Waals surface area contributed by atoms with E-state index < -0.39 is 17.8 Å². The summed E-state index contributed by atoms with van der Waals surface area (Å²) in [7, 11) is 0. The largest absolute Gasteiger partial charge is 0.393 e. The summed E-state index contributed by atoms with van der Waals surface area (Å²) in [5.41, 5.74) is 2.81. The maximum atomic E-state index is 10.1. The molecule has 3 aliphatic carbocycles. The summed E-state index contributed by atoms with van der Waals surface area (Å²) in [6.45, 7) is 13.3. The third kappa shape index (κ3) is 6.02. The molecule has 0 spiro atoms. The molecule has 0 aromatic rings. The van der Waals surface area contributed by atoms with Gasteiger partial charge in [0.2, 0.25) is 0 Å². The monoisotopic (exact) mass is 444 g/mol. The molecule has 0 radical (unpaired) electrons. The molecule has 32 heavy (non-hydrogen) atoms. The lowest BCUT2D eigenvalue weighted by atomic mass is 9.61. The lowest BCUT2D eigenvalue weighted by molar-refractivity contribution is -0.0125. The molecule has 0 aliphatic heterocycles. The van der Waals surface area contributed by atoms with E-state index >= 15 is 0 Å². The first-order chi connectivity index (χ1) is 15.0. The van der Waals surface area contributed by atoms with Crippen molar-refractivity contribution < 1.29 is 20.1 Å². The van der Waals surface area contributed by atoms with E-state index in [1.807, 2.05) is 0 Å². The second-order valence-corrected chi connectivity index (χ2v) is 11.3. The average Bonchev–Trinajstić information content (AvgIpc) is 3.06. The fourth-order valence-electron chi connectivity index (χ4n) is 6.39. The SMILES string of the molecule is C=C1/C(=C\C=C2/CCC[C@]3(C)[C@@H]([C@H](C)/C=C\COCC(C)(C)O)CC[C@@H]23)C[C@@H](O)C[C@@H]1O. The Bertz CT molecular complexity index is 756. The van der Waals surface area contributed by atoms with Gasteiger partial charge in [0.25, 0.3) is 0 Å². The van der Waals surface area contributed by atoms with Crippen LogP contribution >= 0.6 is 0 Å². The molecule has 0 amide bonds. The van der Waals surface area contributed by atoms with E-state index in [0.29, 0.717) is 49.2 Å². The van der Waals surface area contributed by atoms with Crippen LogP contribution in [-0.4, -0.2) is 46.3 Å². The highest BCUT2D eigenvalue weighted by Crippen LogP contribution is 2.59. The quantitative estimate of drug-likeness (QED) is 0.377. The molecule has 0 unspecified atom stereocenters. The van der Waals surface area contributed by atoms with Crippen LogP contribution in [0.4, 0.5) is 0 Å². The minimum Gasteiger partial charge on any atom is -0.393 e. The Morgan fingerprint density at radius 1 is 1.25 bits per heavy atom. The van der Waals surface area contributed by atoms with Crippen molar-refractivity contribution >= 4 is 0 Å². The fraction of sp³-hybridized carbons (Fsp3) is 0.714. The first-order valence-electron chi connectivity index (χ1n) is 12.4. The van der Waals surface area contributed by atoms with Gasteiger partial charge in [-0.05, 0) is 86.7 Å². The zero-order valence-corrected chi connectivity index (χ0v) is 20.5. The van der Waals surface area contributed by atoms with Crippen LogP contribution in [0.3, 0.4) is 0 Å². The lowest BCUT2D eigenvalue weighted by Crippen LogP contribution is -2.35. The van der Waals surface area contributed by atoms with Crippen LogP contribution in [0.2, 0.25) is 0 Å². The van der Waals surface area contributed by atoms with Gasteiger partial charge < -0.3 is 20.1 Å². The number of allylic oxidation sites excluding steroid dienone is 4. The van der Waals surface area contributed by atoms with Gasteiger partial charge in [0.15, 0.2) is 0 Å². The van der Waals surface area contributed by atoms with Gasteiger partial charge in [0, 0.05) is 6.42 Å². The van der Waals surface area contributed by atoms with Crippen molar-refractivity contribution in [1.29, 1.82) is 0 Å². The first-order valence-corrected chi connectivity index (χ1v) is 12.4. The highest BCUT2D eigenvalue weighted by atomic mass is 16.5. The molecule has 4 nitrogen and oxygen atoms in total. The molecular formula is C28H44O4. The molecule has 3 aliphatic rings. The minimum absolute atomic E-state index is 0.308. The van der Waals surface area contributed by atoms with Crippen molar-refractivity contribution in [3.8, 4) is 0 Å². The minimum atomic E-state index is -0.786. The van der Waals surface area contributed by atoms with Gasteiger partial charge in [-0.1, -0.05) is 50.3 Å². The number of hydrogen-bond acceptors (Lipinski definition) is 4.